The predicted molar refractivity (Wildman–Crippen MR) is 139 cm³/mol. The Morgan fingerprint density at radius 3 is 2.86 bits per heavy atom. The van der Waals surface area contributed by atoms with Gasteiger partial charge in [-0.25, -0.2) is 4.98 Å². The number of anilines is 4. The van der Waals surface area contributed by atoms with Crippen LogP contribution < -0.4 is 20.3 Å². The summed E-state index contributed by atoms with van der Waals surface area (Å²) in [4.78, 5) is 11.6. The first-order chi connectivity index (χ1) is 17.3. The molecule has 6 rings (SSSR count). The molecule has 2 N–H and O–H groups in total. The summed E-state index contributed by atoms with van der Waals surface area (Å²) in [6, 6.07) is 17.3. The molecule has 1 saturated heterocycles. The number of ether oxygens (including phenoxy) is 2. The highest BCUT2D eigenvalue weighted by atomic mass is 16.5. The van der Waals surface area contributed by atoms with E-state index in [-0.39, 0.29) is 0 Å². The first kappa shape index (κ1) is 22.2. The molecule has 7 nitrogen and oxygen atoms in total. The van der Waals surface area contributed by atoms with Crippen molar-refractivity contribution >= 4 is 23.0 Å². The summed E-state index contributed by atoms with van der Waals surface area (Å²) in [6.45, 7) is 3.66. The first-order valence-corrected chi connectivity index (χ1v) is 12.9. The molecule has 2 atom stereocenters. The molecule has 4 heterocycles. The van der Waals surface area contributed by atoms with Crippen molar-refractivity contribution in [2.45, 2.75) is 44.1 Å². The molecule has 2 aromatic heterocycles. The molecule has 1 aliphatic carbocycles. The second-order valence-corrected chi connectivity index (χ2v) is 9.63. The number of benzene rings is 1. The number of fused-ring (bicyclic) bond motifs is 3. The molecule has 2 fully saturated rings. The summed E-state index contributed by atoms with van der Waals surface area (Å²) in [5.41, 5.74) is 4.83. The summed E-state index contributed by atoms with van der Waals surface area (Å²) in [7, 11) is 0. The molecule has 182 valence electrons. The first-order valence-electron chi connectivity index (χ1n) is 12.9. The Morgan fingerprint density at radius 1 is 1.06 bits per heavy atom. The quantitative estimate of drug-likeness (QED) is 0.495. The van der Waals surface area contributed by atoms with Crippen LogP contribution in [0.5, 0.6) is 5.75 Å². The van der Waals surface area contributed by atoms with E-state index in [9.17, 15) is 0 Å². The van der Waals surface area contributed by atoms with Crippen LogP contribution in [-0.2, 0) is 11.2 Å². The number of nitrogens with zero attached hydrogens (tertiary/aromatic N) is 3. The molecule has 0 spiro atoms. The fraction of sp³-hybridized carbons (Fsp3) is 0.429. The van der Waals surface area contributed by atoms with Gasteiger partial charge < -0.3 is 25.0 Å². The number of rotatable bonds is 7. The molecular weight excluding hydrogens is 438 g/mol. The van der Waals surface area contributed by atoms with Gasteiger partial charge in [0.25, 0.3) is 0 Å². The van der Waals surface area contributed by atoms with Crippen LogP contribution in [0.4, 0.5) is 23.0 Å². The molecule has 3 aliphatic rings. The summed E-state index contributed by atoms with van der Waals surface area (Å²) in [6.07, 6.45) is 7.77. The van der Waals surface area contributed by atoms with Gasteiger partial charge in [0.1, 0.15) is 17.4 Å². The van der Waals surface area contributed by atoms with Crippen molar-refractivity contribution in [2.75, 3.05) is 48.4 Å². The van der Waals surface area contributed by atoms with E-state index in [1.807, 2.05) is 36.5 Å². The van der Waals surface area contributed by atoms with Crippen molar-refractivity contribution in [1.82, 2.24) is 9.97 Å². The van der Waals surface area contributed by atoms with E-state index in [0.717, 1.165) is 61.5 Å². The lowest BCUT2D eigenvalue weighted by atomic mass is 9.83. The third kappa shape index (κ3) is 5.05. The third-order valence-electron chi connectivity index (χ3n) is 7.30. The Balaban J connectivity index is 1.22. The van der Waals surface area contributed by atoms with E-state index >= 15 is 0 Å². The monoisotopic (exact) mass is 471 g/mol. The highest BCUT2D eigenvalue weighted by Crippen LogP contribution is 2.45. The van der Waals surface area contributed by atoms with Crippen molar-refractivity contribution in [3.05, 3.63) is 66.0 Å². The van der Waals surface area contributed by atoms with Gasteiger partial charge in [0, 0.05) is 66.9 Å². The molecule has 35 heavy (non-hydrogen) atoms. The van der Waals surface area contributed by atoms with Gasteiger partial charge in [0.05, 0.1) is 19.8 Å². The Bertz CT molecular complexity index is 1150. The fourth-order valence-electron chi connectivity index (χ4n) is 5.52. The molecule has 1 saturated carbocycles. The minimum absolute atomic E-state index is 0.566. The zero-order chi connectivity index (χ0) is 23.5. The average molecular weight is 472 g/mol. The average Bonchev–Trinajstić information content (AvgIpc) is 3.28. The summed E-state index contributed by atoms with van der Waals surface area (Å²) < 4.78 is 11.7. The zero-order valence-electron chi connectivity index (χ0n) is 20.1. The van der Waals surface area contributed by atoms with Gasteiger partial charge >= 0.3 is 0 Å². The van der Waals surface area contributed by atoms with Crippen molar-refractivity contribution in [3.63, 3.8) is 0 Å². The highest BCUT2D eigenvalue weighted by Gasteiger charge is 2.33. The number of morpholine rings is 1. The summed E-state index contributed by atoms with van der Waals surface area (Å²) in [5, 5.41) is 7.31. The number of nitrogens with one attached hydrogen (secondary N) is 2. The molecular formula is C28H33N5O2. The van der Waals surface area contributed by atoms with E-state index in [4.69, 9.17) is 14.5 Å². The Morgan fingerprint density at radius 2 is 1.97 bits per heavy atom. The lowest BCUT2D eigenvalue weighted by molar-refractivity contribution is 0.122. The minimum atomic E-state index is 0.566. The molecule has 3 aromatic rings. The highest BCUT2D eigenvalue weighted by molar-refractivity contribution is 5.69. The molecule has 2 unspecified atom stereocenters. The maximum Gasteiger partial charge on any atom is 0.136 e. The van der Waals surface area contributed by atoms with E-state index in [1.165, 1.54) is 36.9 Å². The maximum absolute atomic E-state index is 6.18. The smallest absolute Gasteiger partial charge is 0.136 e. The molecule has 1 aromatic carbocycles. The van der Waals surface area contributed by atoms with Gasteiger partial charge in [0.15, 0.2) is 0 Å². The Labute approximate surface area is 206 Å². The van der Waals surface area contributed by atoms with E-state index in [1.54, 1.807) is 0 Å². The predicted octanol–water partition coefficient (Wildman–Crippen LogP) is 5.13. The van der Waals surface area contributed by atoms with Crippen LogP contribution in [0.2, 0.25) is 0 Å². The van der Waals surface area contributed by atoms with Crippen LogP contribution in [0.25, 0.3) is 0 Å². The van der Waals surface area contributed by atoms with Gasteiger partial charge in [-0.1, -0.05) is 18.9 Å². The van der Waals surface area contributed by atoms with Gasteiger partial charge in [-0.05, 0) is 48.7 Å². The van der Waals surface area contributed by atoms with Gasteiger partial charge in [-0.15, -0.1) is 0 Å². The van der Waals surface area contributed by atoms with Crippen LogP contribution in [0.1, 0.15) is 42.9 Å². The van der Waals surface area contributed by atoms with Gasteiger partial charge in [-0.3, -0.25) is 4.98 Å². The van der Waals surface area contributed by atoms with E-state index in [0.29, 0.717) is 18.6 Å². The summed E-state index contributed by atoms with van der Waals surface area (Å²) in [5.74, 6) is 3.16. The Kier molecular flexibility index (Phi) is 6.41. The molecule has 7 heteroatoms. The number of hydrogen-bond donors (Lipinski definition) is 2. The lowest BCUT2D eigenvalue weighted by Crippen LogP contribution is -2.36. The molecule has 0 radical (unpaired) electrons. The SMILES string of the molecule is c1ccc(CCOc2cc(Nc3ccc4c(c3)C3CCCCC3N4)nc(N3CCOCC3)c2)nc1. The van der Waals surface area contributed by atoms with Crippen LogP contribution in [-0.4, -0.2) is 48.9 Å². The maximum atomic E-state index is 6.18. The van der Waals surface area contributed by atoms with Crippen molar-refractivity contribution in [3.8, 4) is 5.75 Å². The third-order valence-corrected chi connectivity index (χ3v) is 7.30. The lowest BCUT2D eigenvalue weighted by Gasteiger charge is -2.28. The van der Waals surface area contributed by atoms with Crippen molar-refractivity contribution in [1.29, 1.82) is 0 Å². The largest absolute Gasteiger partial charge is 0.493 e. The van der Waals surface area contributed by atoms with Crippen LogP contribution in [0.15, 0.2) is 54.7 Å². The molecule has 0 amide bonds. The topological polar surface area (TPSA) is 71.5 Å². The number of pyridine rings is 2. The molecule has 0 bridgehead atoms. The van der Waals surface area contributed by atoms with E-state index < -0.39 is 0 Å². The van der Waals surface area contributed by atoms with Crippen molar-refractivity contribution in [2.24, 2.45) is 0 Å². The fourth-order valence-corrected chi connectivity index (χ4v) is 5.52. The van der Waals surface area contributed by atoms with E-state index in [2.05, 4.69) is 38.7 Å². The van der Waals surface area contributed by atoms with Crippen LogP contribution in [0.3, 0.4) is 0 Å². The summed E-state index contributed by atoms with van der Waals surface area (Å²) >= 11 is 0. The van der Waals surface area contributed by atoms with Crippen LogP contribution >= 0.6 is 0 Å². The minimum Gasteiger partial charge on any atom is -0.493 e. The number of aromatic nitrogens is 2. The normalized spacial score (nSPS) is 21.1. The molecule has 2 aliphatic heterocycles. The Hall–Kier alpha value is -3.32. The van der Waals surface area contributed by atoms with Gasteiger partial charge in [0.2, 0.25) is 0 Å². The van der Waals surface area contributed by atoms with Crippen LogP contribution in [0, 0.1) is 0 Å². The zero-order valence-corrected chi connectivity index (χ0v) is 20.1. The van der Waals surface area contributed by atoms with Gasteiger partial charge in [-0.2, -0.15) is 0 Å². The second kappa shape index (κ2) is 10.1. The second-order valence-electron chi connectivity index (χ2n) is 9.63. The number of hydrogen-bond acceptors (Lipinski definition) is 7. The standard InChI is InChI=1S/C28H33N5O2/c1-2-7-25-23(6-1)24-17-21(8-9-26(24)31-25)30-27-18-22(35-14-10-20-5-3-4-11-29-20)19-28(32-27)33-12-15-34-16-13-33/h3-5,8-9,11,17-19,23,25,31H,1-2,6-7,10,12-16H2,(H,30,32). The van der Waals surface area contributed by atoms with Crippen molar-refractivity contribution < 1.29 is 9.47 Å².